The van der Waals surface area contributed by atoms with Crippen LogP contribution in [0.5, 0.6) is 23.0 Å². The number of halogens is 1. The number of aliphatic carboxylic acids is 1. The number of hydrogen-bond donors (Lipinski definition) is 2. The summed E-state index contributed by atoms with van der Waals surface area (Å²) < 4.78 is 17.1. The standard InChI is InChI=1S/C24H23ClO6/c25-21-15-17(16-22(26)24(27)28)7-12-23(21)30-14-4-13-29-18-8-10-20(11-9-18)31-19-5-2-1-3-6-19/h1-3,5-12,15,22,26H,4,13-14,16H2,(H,27,28). The molecule has 0 aromatic heterocycles. The molecule has 0 fully saturated rings. The summed E-state index contributed by atoms with van der Waals surface area (Å²) in [7, 11) is 0. The predicted octanol–water partition coefficient (Wildman–Crippen LogP) is 4.97. The van der Waals surface area contributed by atoms with Crippen molar-refractivity contribution in [2.75, 3.05) is 13.2 Å². The van der Waals surface area contributed by atoms with Gasteiger partial charge in [-0.25, -0.2) is 4.79 Å². The van der Waals surface area contributed by atoms with E-state index in [1.165, 1.54) is 0 Å². The van der Waals surface area contributed by atoms with Crippen molar-refractivity contribution in [1.29, 1.82) is 0 Å². The minimum Gasteiger partial charge on any atom is -0.493 e. The van der Waals surface area contributed by atoms with Crippen LogP contribution in [0.2, 0.25) is 5.02 Å². The average Bonchev–Trinajstić information content (AvgIpc) is 2.76. The minimum atomic E-state index is -1.46. The van der Waals surface area contributed by atoms with E-state index in [0.717, 1.165) is 17.2 Å². The fourth-order valence-electron chi connectivity index (χ4n) is 2.76. The highest BCUT2D eigenvalue weighted by atomic mass is 35.5. The first kappa shape index (κ1) is 22.5. The molecular formula is C24H23ClO6. The molecule has 0 saturated heterocycles. The smallest absolute Gasteiger partial charge is 0.332 e. The Morgan fingerprint density at radius 3 is 2.19 bits per heavy atom. The van der Waals surface area contributed by atoms with Crippen LogP contribution >= 0.6 is 11.6 Å². The quantitative estimate of drug-likeness (QED) is 0.408. The summed E-state index contributed by atoms with van der Waals surface area (Å²) in [6.45, 7) is 0.880. The van der Waals surface area contributed by atoms with Crippen molar-refractivity contribution >= 4 is 17.6 Å². The normalized spacial score (nSPS) is 11.5. The molecule has 1 unspecified atom stereocenters. The van der Waals surface area contributed by atoms with Crippen LogP contribution in [0.25, 0.3) is 0 Å². The van der Waals surface area contributed by atoms with Crippen molar-refractivity contribution in [3.05, 3.63) is 83.4 Å². The summed E-state index contributed by atoms with van der Waals surface area (Å²) in [5.41, 5.74) is 0.621. The Labute approximate surface area is 185 Å². The summed E-state index contributed by atoms with van der Waals surface area (Å²) >= 11 is 6.18. The first-order chi connectivity index (χ1) is 15.0. The first-order valence-electron chi connectivity index (χ1n) is 9.79. The Bertz CT molecular complexity index is 975. The van der Waals surface area contributed by atoms with E-state index in [4.69, 9.17) is 30.9 Å². The third-order valence-corrected chi connectivity index (χ3v) is 4.62. The number of aliphatic hydroxyl groups excluding tert-OH is 1. The molecular weight excluding hydrogens is 420 g/mol. The van der Waals surface area contributed by atoms with Gasteiger partial charge in [-0.1, -0.05) is 35.9 Å². The van der Waals surface area contributed by atoms with Crippen molar-refractivity contribution in [3.63, 3.8) is 0 Å². The Balaban J connectivity index is 1.38. The molecule has 1 atom stereocenters. The number of carboxylic acid groups (broad SMARTS) is 1. The number of para-hydroxylation sites is 1. The van der Waals surface area contributed by atoms with Gasteiger partial charge in [-0.05, 0) is 54.1 Å². The van der Waals surface area contributed by atoms with E-state index in [-0.39, 0.29) is 6.42 Å². The summed E-state index contributed by atoms with van der Waals surface area (Å²) in [5, 5.41) is 18.6. The minimum absolute atomic E-state index is 0.0155. The molecule has 0 saturated carbocycles. The molecule has 162 valence electrons. The lowest BCUT2D eigenvalue weighted by Crippen LogP contribution is -2.21. The van der Waals surface area contributed by atoms with Gasteiger partial charge in [-0.2, -0.15) is 0 Å². The largest absolute Gasteiger partial charge is 0.493 e. The number of aliphatic hydroxyl groups is 1. The van der Waals surface area contributed by atoms with Gasteiger partial charge < -0.3 is 24.4 Å². The molecule has 3 rings (SSSR count). The fraction of sp³-hybridized carbons (Fsp3) is 0.208. The van der Waals surface area contributed by atoms with Gasteiger partial charge in [0.05, 0.1) is 18.2 Å². The van der Waals surface area contributed by atoms with E-state index in [2.05, 4.69) is 0 Å². The Kier molecular flexibility index (Phi) is 8.15. The zero-order valence-electron chi connectivity index (χ0n) is 16.7. The van der Waals surface area contributed by atoms with Gasteiger partial charge in [-0.3, -0.25) is 0 Å². The van der Waals surface area contributed by atoms with Crippen LogP contribution < -0.4 is 14.2 Å². The van der Waals surface area contributed by atoms with E-state index in [0.29, 0.717) is 36.0 Å². The van der Waals surface area contributed by atoms with Crippen LogP contribution in [-0.2, 0) is 11.2 Å². The van der Waals surface area contributed by atoms with Crippen molar-refractivity contribution in [1.82, 2.24) is 0 Å². The van der Waals surface area contributed by atoms with E-state index >= 15 is 0 Å². The van der Waals surface area contributed by atoms with E-state index in [1.807, 2.05) is 54.6 Å². The third-order valence-electron chi connectivity index (χ3n) is 4.33. The van der Waals surface area contributed by atoms with Crippen molar-refractivity contribution in [2.45, 2.75) is 18.9 Å². The van der Waals surface area contributed by atoms with Crippen LogP contribution in [0.15, 0.2) is 72.8 Å². The molecule has 6 nitrogen and oxygen atoms in total. The summed E-state index contributed by atoms with van der Waals surface area (Å²) in [6.07, 6.45) is -0.824. The van der Waals surface area contributed by atoms with Crippen molar-refractivity contribution in [3.8, 4) is 23.0 Å². The monoisotopic (exact) mass is 442 g/mol. The number of carboxylic acids is 1. The van der Waals surface area contributed by atoms with Gasteiger partial charge in [0.15, 0.2) is 6.10 Å². The Hall–Kier alpha value is -3.22. The average molecular weight is 443 g/mol. The van der Waals surface area contributed by atoms with Gasteiger partial charge in [-0.15, -0.1) is 0 Å². The topological polar surface area (TPSA) is 85.2 Å². The second-order valence-electron chi connectivity index (χ2n) is 6.76. The molecule has 2 N–H and O–H groups in total. The fourth-order valence-corrected chi connectivity index (χ4v) is 3.02. The highest BCUT2D eigenvalue weighted by Gasteiger charge is 2.14. The highest BCUT2D eigenvalue weighted by Crippen LogP contribution is 2.26. The number of hydrogen-bond acceptors (Lipinski definition) is 5. The molecule has 3 aromatic carbocycles. The van der Waals surface area contributed by atoms with E-state index in [9.17, 15) is 9.90 Å². The van der Waals surface area contributed by atoms with E-state index < -0.39 is 12.1 Å². The molecule has 3 aromatic rings. The number of carbonyl (C=O) groups is 1. The van der Waals surface area contributed by atoms with Crippen LogP contribution in [0, 0.1) is 0 Å². The lowest BCUT2D eigenvalue weighted by molar-refractivity contribution is -0.146. The second kappa shape index (κ2) is 11.2. The Morgan fingerprint density at radius 2 is 1.52 bits per heavy atom. The maximum Gasteiger partial charge on any atom is 0.332 e. The summed E-state index contributed by atoms with van der Waals surface area (Å²) in [6, 6.07) is 21.9. The molecule has 0 amide bonds. The molecule has 7 heteroatoms. The van der Waals surface area contributed by atoms with Gasteiger partial charge in [0, 0.05) is 12.8 Å². The number of rotatable bonds is 11. The summed E-state index contributed by atoms with van der Waals surface area (Å²) in [4.78, 5) is 10.7. The first-order valence-corrected chi connectivity index (χ1v) is 10.2. The summed E-state index contributed by atoms with van der Waals surface area (Å²) in [5.74, 6) is 1.47. The zero-order valence-corrected chi connectivity index (χ0v) is 17.5. The van der Waals surface area contributed by atoms with Gasteiger partial charge in [0.1, 0.15) is 23.0 Å². The molecule has 0 heterocycles. The predicted molar refractivity (Wildman–Crippen MR) is 117 cm³/mol. The van der Waals surface area contributed by atoms with Crippen LogP contribution in [0.4, 0.5) is 0 Å². The highest BCUT2D eigenvalue weighted by molar-refractivity contribution is 6.32. The molecule has 0 aliphatic heterocycles. The Morgan fingerprint density at radius 1 is 0.871 bits per heavy atom. The lowest BCUT2D eigenvalue weighted by Gasteiger charge is -2.11. The maximum atomic E-state index is 10.7. The molecule has 0 bridgehead atoms. The molecule has 0 aliphatic rings. The van der Waals surface area contributed by atoms with Crippen molar-refractivity contribution < 1.29 is 29.2 Å². The van der Waals surface area contributed by atoms with Crippen LogP contribution in [0.1, 0.15) is 12.0 Å². The maximum absolute atomic E-state index is 10.7. The number of ether oxygens (including phenoxy) is 3. The van der Waals surface area contributed by atoms with Crippen molar-refractivity contribution in [2.24, 2.45) is 0 Å². The lowest BCUT2D eigenvalue weighted by atomic mass is 10.1. The zero-order chi connectivity index (χ0) is 22.1. The molecule has 0 radical (unpaired) electrons. The SMILES string of the molecule is O=C(O)C(O)Cc1ccc(OCCCOc2ccc(Oc3ccccc3)cc2)c(Cl)c1. The molecule has 0 spiro atoms. The van der Waals surface area contributed by atoms with Crippen LogP contribution in [0.3, 0.4) is 0 Å². The van der Waals surface area contributed by atoms with Crippen LogP contribution in [-0.4, -0.2) is 35.5 Å². The molecule has 31 heavy (non-hydrogen) atoms. The van der Waals surface area contributed by atoms with Gasteiger partial charge >= 0.3 is 5.97 Å². The third kappa shape index (κ3) is 7.20. The second-order valence-corrected chi connectivity index (χ2v) is 7.17. The number of benzene rings is 3. The van der Waals surface area contributed by atoms with Gasteiger partial charge in [0.25, 0.3) is 0 Å². The van der Waals surface area contributed by atoms with Gasteiger partial charge in [0.2, 0.25) is 0 Å². The molecule has 0 aliphatic carbocycles. The van der Waals surface area contributed by atoms with E-state index in [1.54, 1.807) is 18.2 Å².